The van der Waals surface area contributed by atoms with Gasteiger partial charge in [-0.25, -0.2) is 9.59 Å². The Morgan fingerprint density at radius 1 is 1.14 bits per heavy atom. The second-order valence-electron chi connectivity index (χ2n) is 4.65. The Kier molecular flexibility index (Phi) is 4.23. The lowest BCUT2D eigenvalue weighted by molar-refractivity contribution is 0.0471. The first kappa shape index (κ1) is 14.6. The predicted octanol–water partition coefficient (Wildman–Crippen LogP) is 2.63. The van der Waals surface area contributed by atoms with Crippen molar-refractivity contribution in [2.75, 3.05) is 5.73 Å². The molecule has 0 unspecified atom stereocenters. The van der Waals surface area contributed by atoms with Gasteiger partial charge in [-0.1, -0.05) is 18.2 Å². The van der Waals surface area contributed by atoms with E-state index in [1.54, 1.807) is 37.3 Å². The van der Waals surface area contributed by atoms with Crippen molar-refractivity contribution in [1.29, 1.82) is 0 Å². The van der Waals surface area contributed by atoms with E-state index in [1.807, 2.05) is 0 Å². The number of esters is 1. The number of aryl methyl sites for hydroxylation is 1. The lowest BCUT2D eigenvalue weighted by Gasteiger charge is -2.08. The van der Waals surface area contributed by atoms with Gasteiger partial charge in [-0.15, -0.1) is 0 Å². The van der Waals surface area contributed by atoms with Crippen LogP contribution in [0.3, 0.4) is 0 Å². The molecular formula is C16H15NO4. The second kappa shape index (κ2) is 6.09. The molecule has 0 bridgehead atoms. The van der Waals surface area contributed by atoms with Gasteiger partial charge in [0.2, 0.25) is 0 Å². The summed E-state index contributed by atoms with van der Waals surface area (Å²) in [4.78, 5) is 22.7. The van der Waals surface area contributed by atoms with E-state index in [9.17, 15) is 9.59 Å². The van der Waals surface area contributed by atoms with Crippen LogP contribution in [0, 0.1) is 6.92 Å². The van der Waals surface area contributed by atoms with E-state index < -0.39 is 11.9 Å². The molecule has 21 heavy (non-hydrogen) atoms. The van der Waals surface area contributed by atoms with Crippen molar-refractivity contribution in [1.82, 2.24) is 0 Å². The van der Waals surface area contributed by atoms with Crippen molar-refractivity contribution >= 4 is 17.6 Å². The molecular weight excluding hydrogens is 270 g/mol. The Hall–Kier alpha value is -2.82. The Labute approximate surface area is 122 Å². The van der Waals surface area contributed by atoms with Crippen molar-refractivity contribution in [3.05, 3.63) is 64.7 Å². The number of rotatable bonds is 4. The van der Waals surface area contributed by atoms with Gasteiger partial charge in [0.1, 0.15) is 6.61 Å². The summed E-state index contributed by atoms with van der Waals surface area (Å²) >= 11 is 0. The van der Waals surface area contributed by atoms with Crippen molar-refractivity contribution in [2.45, 2.75) is 13.5 Å². The van der Waals surface area contributed by atoms with Gasteiger partial charge in [-0.3, -0.25) is 0 Å². The topological polar surface area (TPSA) is 89.6 Å². The van der Waals surface area contributed by atoms with Crippen LogP contribution in [0.1, 0.15) is 31.8 Å². The fraction of sp³-hybridized carbons (Fsp3) is 0.125. The average Bonchev–Trinajstić information content (AvgIpc) is 2.47. The zero-order chi connectivity index (χ0) is 15.4. The molecule has 0 saturated heterocycles. The molecule has 5 heteroatoms. The van der Waals surface area contributed by atoms with E-state index in [4.69, 9.17) is 15.6 Å². The van der Waals surface area contributed by atoms with Crippen LogP contribution in [0.2, 0.25) is 0 Å². The molecule has 0 aliphatic carbocycles. The zero-order valence-electron chi connectivity index (χ0n) is 11.5. The molecule has 0 aromatic heterocycles. The Balaban J connectivity index is 2.04. The fourth-order valence-corrected chi connectivity index (χ4v) is 1.83. The third-order valence-electron chi connectivity index (χ3n) is 3.05. The third kappa shape index (κ3) is 3.60. The minimum Gasteiger partial charge on any atom is -0.478 e. The highest BCUT2D eigenvalue weighted by atomic mass is 16.5. The summed E-state index contributed by atoms with van der Waals surface area (Å²) in [6.45, 7) is 1.88. The molecule has 0 atom stereocenters. The summed E-state index contributed by atoms with van der Waals surface area (Å²) in [5, 5.41) is 8.80. The van der Waals surface area contributed by atoms with E-state index in [2.05, 4.69) is 0 Å². The zero-order valence-corrected chi connectivity index (χ0v) is 11.5. The minimum absolute atomic E-state index is 0.0764. The third-order valence-corrected chi connectivity index (χ3v) is 3.05. The van der Waals surface area contributed by atoms with Gasteiger partial charge in [0.15, 0.2) is 0 Å². The van der Waals surface area contributed by atoms with E-state index in [-0.39, 0.29) is 12.2 Å². The van der Waals surface area contributed by atoms with E-state index in [0.717, 1.165) is 11.1 Å². The number of ether oxygens (including phenoxy) is 1. The number of carboxylic acids is 1. The van der Waals surface area contributed by atoms with Crippen molar-refractivity contribution in [3.8, 4) is 0 Å². The molecule has 108 valence electrons. The lowest BCUT2D eigenvalue weighted by atomic mass is 10.1. The van der Waals surface area contributed by atoms with E-state index in [1.165, 1.54) is 12.1 Å². The molecule has 2 aromatic rings. The average molecular weight is 285 g/mol. The number of nitrogen functional groups attached to an aromatic ring is 1. The van der Waals surface area contributed by atoms with Crippen LogP contribution in [0.4, 0.5) is 5.69 Å². The van der Waals surface area contributed by atoms with Gasteiger partial charge in [0.25, 0.3) is 0 Å². The highest BCUT2D eigenvalue weighted by Gasteiger charge is 2.11. The standard InChI is InChI=1S/C16H15NO4/c1-10-2-7-13(17)8-14(10)16(20)21-9-11-3-5-12(6-4-11)15(18)19/h2-8H,9,17H2,1H3,(H,18,19). The van der Waals surface area contributed by atoms with E-state index in [0.29, 0.717) is 11.3 Å². The summed E-state index contributed by atoms with van der Waals surface area (Å²) in [6, 6.07) is 11.2. The molecule has 0 fully saturated rings. The summed E-state index contributed by atoms with van der Waals surface area (Å²) in [7, 11) is 0. The highest BCUT2D eigenvalue weighted by Crippen LogP contribution is 2.15. The maximum atomic E-state index is 12.0. The Morgan fingerprint density at radius 2 is 1.81 bits per heavy atom. The molecule has 5 nitrogen and oxygen atoms in total. The second-order valence-corrected chi connectivity index (χ2v) is 4.65. The maximum absolute atomic E-state index is 12.0. The van der Waals surface area contributed by atoms with E-state index >= 15 is 0 Å². The molecule has 2 rings (SSSR count). The van der Waals surface area contributed by atoms with Crippen LogP contribution in [-0.4, -0.2) is 17.0 Å². The van der Waals surface area contributed by atoms with Gasteiger partial charge < -0.3 is 15.6 Å². The first-order valence-electron chi connectivity index (χ1n) is 6.33. The van der Waals surface area contributed by atoms with Crippen molar-refractivity contribution < 1.29 is 19.4 Å². The van der Waals surface area contributed by atoms with Crippen LogP contribution in [-0.2, 0) is 11.3 Å². The number of aromatic carboxylic acids is 1. The SMILES string of the molecule is Cc1ccc(N)cc1C(=O)OCc1ccc(C(=O)O)cc1. The fourth-order valence-electron chi connectivity index (χ4n) is 1.83. The normalized spacial score (nSPS) is 10.1. The lowest BCUT2D eigenvalue weighted by Crippen LogP contribution is -2.08. The van der Waals surface area contributed by atoms with Gasteiger partial charge >= 0.3 is 11.9 Å². The van der Waals surface area contributed by atoms with Crippen molar-refractivity contribution in [3.63, 3.8) is 0 Å². The number of carboxylic acid groups (broad SMARTS) is 1. The Morgan fingerprint density at radius 3 is 2.43 bits per heavy atom. The van der Waals surface area contributed by atoms with Gasteiger partial charge in [0.05, 0.1) is 11.1 Å². The number of carbonyl (C=O) groups is 2. The summed E-state index contributed by atoms with van der Waals surface area (Å²) in [5.74, 6) is -1.45. The molecule has 2 aromatic carbocycles. The first-order valence-corrected chi connectivity index (χ1v) is 6.33. The summed E-state index contributed by atoms with van der Waals surface area (Å²) < 4.78 is 5.21. The van der Waals surface area contributed by atoms with Crippen molar-refractivity contribution in [2.24, 2.45) is 0 Å². The number of hydrogen-bond acceptors (Lipinski definition) is 4. The number of benzene rings is 2. The van der Waals surface area contributed by atoms with Gasteiger partial charge in [-0.05, 0) is 42.3 Å². The number of anilines is 1. The number of nitrogens with two attached hydrogens (primary N) is 1. The number of carbonyl (C=O) groups excluding carboxylic acids is 1. The summed E-state index contributed by atoms with van der Waals surface area (Å²) in [5.41, 5.74) is 8.28. The highest BCUT2D eigenvalue weighted by molar-refractivity contribution is 5.92. The van der Waals surface area contributed by atoms with Crippen LogP contribution in [0.25, 0.3) is 0 Å². The van der Waals surface area contributed by atoms with Crippen LogP contribution in [0.5, 0.6) is 0 Å². The molecule has 0 amide bonds. The molecule has 0 heterocycles. The van der Waals surface area contributed by atoms with Crippen LogP contribution < -0.4 is 5.73 Å². The molecule has 0 radical (unpaired) electrons. The monoisotopic (exact) mass is 285 g/mol. The smallest absolute Gasteiger partial charge is 0.338 e. The van der Waals surface area contributed by atoms with Gasteiger partial charge in [0, 0.05) is 5.69 Å². The van der Waals surface area contributed by atoms with Crippen LogP contribution >= 0.6 is 0 Å². The number of hydrogen-bond donors (Lipinski definition) is 2. The largest absolute Gasteiger partial charge is 0.478 e. The predicted molar refractivity (Wildman–Crippen MR) is 78.1 cm³/mol. The summed E-state index contributed by atoms with van der Waals surface area (Å²) in [6.07, 6.45) is 0. The minimum atomic E-state index is -0.992. The molecule has 0 aliphatic rings. The molecule has 0 aliphatic heterocycles. The Bertz CT molecular complexity index is 677. The molecule has 3 N–H and O–H groups in total. The molecule has 0 spiro atoms. The quantitative estimate of drug-likeness (QED) is 0.665. The first-order chi connectivity index (χ1) is 9.97. The van der Waals surface area contributed by atoms with Gasteiger partial charge in [-0.2, -0.15) is 0 Å². The molecule has 0 saturated carbocycles. The maximum Gasteiger partial charge on any atom is 0.338 e. The van der Waals surface area contributed by atoms with Crippen LogP contribution in [0.15, 0.2) is 42.5 Å².